The topological polar surface area (TPSA) is 112 Å². The van der Waals surface area contributed by atoms with Crippen LogP contribution in [-0.2, 0) is 0 Å². The van der Waals surface area contributed by atoms with Crippen molar-refractivity contribution in [1.29, 1.82) is 0 Å². The van der Waals surface area contributed by atoms with Crippen LogP contribution in [0.1, 0.15) is 0 Å². The summed E-state index contributed by atoms with van der Waals surface area (Å²) in [7, 11) is -2.20. The zero-order chi connectivity index (χ0) is 7.33. The van der Waals surface area contributed by atoms with Crippen LogP contribution in [0.2, 0.25) is 0 Å². The van der Waals surface area contributed by atoms with Crippen LogP contribution in [0.25, 0.3) is 0 Å². The maximum atomic E-state index is 8.55. The molecule has 0 saturated carbocycles. The summed E-state index contributed by atoms with van der Waals surface area (Å²) in [4.78, 5) is 0. The first-order valence-corrected chi connectivity index (χ1v) is 5.06. The van der Waals surface area contributed by atoms with Crippen LogP contribution in [0.4, 0.5) is 0 Å². The molecular formula is C4H14O5P. The van der Waals surface area contributed by atoms with Crippen molar-refractivity contribution in [2.45, 2.75) is 0 Å². The summed E-state index contributed by atoms with van der Waals surface area (Å²) in [6.07, 6.45) is -1.18. The fourth-order valence-corrected chi connectivity index (χ4v) is 0.805. The Kier molecular flexibility index (Phi) is 7.69. The van der Waals surface area contributed by atoms with Crippen LogP contribution >= 0.6 is 7.26 Å². The summed E-state index contributed by atoms with van der Waals surface area (Å²) < 4.78 is 0. The van der Waals surface area contributed by atoms with Crippen molar-refractivity contribution in [3.63, 3.8) is 0 Å². The average Bonchev–Trinajstić information content (AvgIpc) is 1.95. The van der Waals surface area contributed by atoms with Gasteiger partial charge in [-0.05, 0) is 7.26 Å². The Morgan fingerprint density at radius 2 is 0.900 bits per heavy atom. The van der Waals surface area contributed by atoms with Crippen molar-refractivity contribution >= 4 is 7.26 Å². The van der Waals surface area contributed by atoms with Gasteiger partial charge in [0.1, 0.15) is 0 Å². The highest BCUT2D eigenvalue weighted by Gasteiger charge is 2.23. The lowest BCUT2D eigenvalue weighted by atomic mass is 11.6. The van der Waals surface area contributed by atoms with Crippen molar-refractivity contribution in [2.75, 3.05) is 25.4 Å². The molecule has 0 saturated heterocycles. The molecule has 0 aliphatic rings. The van der Waals surface area contributed by atoms with E-state index in [1.165, 1.54) is 0 Å². The highest BCUT2D eigenvalue weighted by Crippen LogP contribution is 2.54. The van der Waals surface area contributed by atoms with Gasteiger partial charge in [0.05, 0.1) is 25.4 Å². The van der Waals surface area contributed by atoms with Crippen molar-refractivity contribution in [2.24, 2.45) is 0 Å². The first-order valence-electron chi connectivity index (χ1n) is 2.53. The SMILES string of the molecule is O.OC[P](CO)(CO)CO. The van der Waals surface area contributed by atoms with Gasteiger partial charge in [0.15, 0.2) is 0 Å². The highest BCUT2D eigenvalue weighted by atomic mass is 31.2. The molecule has 0 rings (SSSR count). The number of aliphatic hydroxyl groups is 4. The number of hydrogen-bond acceptors (Lipinski definition) is 4. The van der Waals surface area contributed by atoms with Gasteiger partial charge in [-0.15, -0.1) is 0 Å². The summed E-state index contributed by atoms with van der Waals surface area (Å²) in [5.41, 5.74) is 0. The fourth-order valence-electron chi connectivity index (χ4n) is 0.268. The molecule has 0 spiro atoms. The third-order valence-corrected chi connectivity index (χ3v) is 3.60. The molecule has 0 aliphatic heterocycles. The molecule has 0 atom stereocenters. The summed E-state index contributed by atoms with van der Waals surface area (Å²) in [5, 5.41) is 34.2. The Labute approximate surface area is 59.6 Å². The quantitative estimate of drug-likeness (QED) is 0.367. The van der Waals surface area contributed by atoms with E-state index in [4.69, 9.17) is 20.4 Å². The maximum absolute atomic E-state index is 8.55. The van der Waals surface area contributed by atoms with E-state index in [0.29, 0.717) is 0 Å². The second-order valence-corrected chi connectivity index (χ2v) is 5.72. The molecule has 0 aromatic heterocycles. The molecule has 10 heavy (non-hydrogen) atoms. The maximum Gasteiger partial charge on any atom is 0.0653 e. The number of hydrogen-bond donors (Lipinski definition) is 4. The first-order chi connectivity index (χ1) is 4.24. The average molecular weight is 173 g/mol. The van der Waals surface area contributed by atoms with Gasteiger partial charge in [-0.2, -0.15) is 0 Å². The van der Waals surface area contributed by atoms with E-state index in [2.05, 4.69) is 0 Å². The highest BCUT2D eigenvalue weighted by molar-refractivity contribution is 7.75. The Morgan fingerprint density at radius 3 is 0.900 bits per heavy atom. The molecule has 0 unspecified atom stereocenters. The molecule has 65 valence electrons. The lowest BCUT2D eigenvalue weighted by Gasteiger charge is -2.26. The molecule has 5 nitrogen and oxygen atoms in total. The fraction of sp³-hybridized carbons (Fsp3) is 1.00. The molecule has 0 aromatic rings. The second kappa shape index (κ2) is 5.97. The second-order valence-electron chi connectivity index (χ2n) is 1.91. The molecule has 6 N–H and O–H groups in total. The van der Waals surface area contributed by atoms with Gasteiger partial charge in [-0.3, -0.25) is 0 Å². The Morgan fingerprint density at radius 1 is 0.700 bits per heavy atom. The van der Waals surface area contributed by atoms with Crippen LogP contribution in [0.3, 0.4) is 0 Å². The van der Waals surface area contributed by atoms with E-state index in [1.54, 1.807) is 0 Å². The third kappa shape index (κ3) is 2.88. The normalized spacial score (nSPS) is 10.8. The lowest BCUT2D eigenvalue weighted by molar-refractivity contribution is 0.288. The van der Waals surface area contributed by atoms with Crippen molar-refractivity contribution in [1.82, 2.24) is 0 Å². The Balaban J connectivity index is 0. The van der Waals surface area contributed by atoms with Gasteiger partial charge in [0.25, 0.3) is 0 Å². The van der Waals surface area contributed by atoms with Crippen LogP contribution in [0, 0.1) is 0 Å². The van der Waals surface area contributed by atoms with Gasteiger partial charge in [-0.25, -0.2) is 0 Å². The van der Waals surface area contributed by atoms with Crippen LogP contribution in [0.15, 0.2) is 0 Å². The molecule has 0 heterocycles. The first kappa shape index (κ1) is 12.9. The molecule has 1 radical (unpaired) electrons. The van der Waals surface area contributed by atoms with E-state index in [9.17, 15) is 0 Å². The minimum atomic E-state index is -2.20. The predicted octanol–water partition coefficient (Wildman–Crippen LogP) is -2.02. The van der Waals surface area contributed by atoms with Crippen molar-refractivity contribution in [3.8, 4) is 0 Å². The minimum absolute atomic E-state index is 0. The summed E-state index contributed by atoms with van der Waals surface area (Å²) in [5.74, 6) is 0. The van der Waals surface area contributed by atoms with E-state index < -0.39 is 7.26 Å². The van der Waals surface area contributed by atoms with Crippen LogP contribution in [-0.4, -0.2) is 51.3 Å². The largest absolute Gasteiger partial charge is 0.412 e. The lowest BCUT2D eigenvalue weighted by Crippen LogP contribution is -2.10. The Bertz CT molecular complexity index is 56.5. The summed E-state index contributed by atoms with van der Waals surface area (Å²) >= 11 is 0. The van der Waals surface area contributed by atoms with E-state index >= 15 is 0 Å². The van der Waals surface area contributed by atoms with Gasteiger partial charge < -0.3 is 25.9 Å². The van der Waals surface area contributed by atoms with Gasteiger partial charge >= 0.3 is 0 Å². The van der Waals surface area contributed by atoms with Crippen LogP contribution in [0.5, 0.6) is 0 Å². The molecule has 6 heteroatoms. The minimum Gasteiger partial charge on any atom is -0.412 e. The standard InChI is InChI=1S/C4H12O4P.H2O/c5-1-9(2-6,3-7)4-8;/h5-8H,1-4H2;1H2. The van der Waals surface area contributed by atoms with Crippen molar-refractivity contribution < 1.29 is 25.9 Å². The van der Waals surface area contributed by atoms with Crippen molar-refractivity contribution in [3.05, 3.63) is 0 Å². The summed E-state index contributed by atoms with van der Waals surface area (Å²) in [6.45, 7) is 0. The van der Waals surface area contributed by atoms with E-state index in [-0.39, 0.29) is 30.9 Å². The number of rotatable bonds is 4. The third-order valence-electron chi connectivity index (χ3n) is 1.20. The molecule has 0 bridgehead atoms. The smallest absolute Gasteiger partial charge is 0.0653 e. The van der Waals surface area contributed by atoms with E-state index in [1.807, 2.05) is 0 Å². The van der Waals surface area contributed by atoms with Gasteiger partial charge in [0.2, 0.25) is 0 Å². The molecular weight excluding hydrogens is 159 g/mol. The van der Waals surface area contributed by atoms with Crippen LogP contribution < -0.4 is 0 Å². The van der Waals surface area contributed by atoms with E-state index in [0.717, 1.165) is 0 Å². The molecule has 0 aliphatic carbocycles. The molecule has 0 aromatic carbocycles. The zero-order valence-electron chi connectivity index (χ0n) is 5.56. The predicted molar refractivity (Wildman–Crippen MR) is 38.9 cm³/mol. The van der Waals surface area contributed by atoms with Gasteiger partial charge in [-0.1, -0.05) is 0 Å². The Hall–Kier alpha value is 0.230. The zero-order valence-corrected chi connectivity index (χ0v) is 6.46. The summed E-state index contributed by atoms with van der Waals surface area (Å²) in [6, 6.07) is 0. The van der Waals surface area contributed by atoms with Gasteiger partial charge in [0, 0.05) is 0 Å². The molecule has 0 amide bonds. The number of aliphatic hydroxyl groups excluding tert-OH is 4. The molecule has 0 fully saturated rings. The monoisotopic (exact) mass is 173 g/mol.